The summed E-state index contributed by atoms with van der Waals surface area (Å²) >= 11 is 0. The summed E-state index contributed by atoms with van der Waals surface area (Å²) in [5.41, 5.74) is 1.21. The summed E-state index contributed by atoms with van der Waals surface area (Å²) < 4.78 is 5.40. The average molecular weight is 284 g/mol. The maximum Gasteiger partial charge on any atom is 0.240 e. The minimum atomic E-state index is 0.736. The molecular weight excluding hydrogens is 264 g/mol. The molecule has 3 heterocycles. The van der Waals surface area contributed by atoms with Gasteiger partial charge in [-0.3, -0.25) is 4.90 Å². The molecule has 0 saturated carbocycles. The van der Waals surface area contributed by atoms with Crippen molar-refractivity contribution in [1.29, 1.82) is 0 Å². The van der Waals surface area contributed by atoms with E-state index in [1.165, 1.54) is 5.56 Å². The molecule has 4 rings (SSSR count). The fraction of sp³-hybridized carbons (Fsp3) is 0.500. The molecule has 0 radical (unpaired) electrons. The number of fused-ring (bicyclic) bond motifs is 1. The Bertz CT molecular complexity index is 585. The Morgan fingerprint density at radius 3 is 2.67 bits per heavy atom. The van der Waals surface area contributed by atoms with Crippen LogP contribution in [0.2, 0.25) is 0 Å². The van der Waals surface area contributed by atoms with Crippen molar-refractivity contribution in [2.45, 2.75) is 13.0 Å². The first kappa shape index (κ1) is 13.0. The lowest BCUT2D eigenvalue weighted by atomic mass is 10.0. The number of nitrogens with one attached hydrogen (secondary N) is 1. The van der Waals surface area contributed by atoms with Crippen LogP contribution in [-0.4, -0.2) is 41.2 Å². The van der Waals surface area contributed by atoms with Gasteiger partial charge in [-0.25, -0.2) is 0 Å². The number of benzene rings is 1. The van der Waals surface area contributed by atoms with Crippen molar-refractivity contribution in [2.24, 2.45) is 11.8 Å². The Kier molecular flexibility index (Phi) is 3.45. The molecule has 0 bridgehead atoms. The SMILES string of the molecule is c1ccc(Cc2noc(CN3C[C@H]4CNC[C@H]4C3)n2)cc1. The topological polar surface area (TPSA) is 54.2 Å². The highest BCUT2D eigenvalue weighted by molar-refractivity contribution is 5.18. The lowest BCUT2D eigenvalue weighted by Crippen LogP contribution is -2.25. The van der Waals surface area contributed by atoms with Crippen LogP contribution in [0.25, 0.3) is 0 Å². The van der Waals surface area contributed by atoms with Gasteiger partial charge < -0.3 is 9.84 Å². The third-order valence-electron chi connectivity index (χ3n) is 4.54. The van der Waals surface area contributed by atoms with E-state index in [1.807, 2.05) is 18.2 Å². The van der Waals surface area contributed by atoms with Gasteiger partial charge in [0.15, 0.2) is 5.82 Å². The standard InChI is InChI=1S/C16H20N4O/c1-2-4-12(5-3-1)6-15-18-16(21-19-15)11-20-9-13-7-17-8-14(13)10-20/h1-5,13-14,17H,6-11H2/t13-,14+. The maximum atomic E-state index is 5.40. The zero-order valence-corrected chi connectivity index (χ0v) is 12.0. The molecule has 110 valence electrons. The lowest BCUT2D eigenvalue weighted by molar-refractivity contribution is 0.253. The summed E-state index contributed by atoms with van der Waals surface area (Å²) in [5, 5.41) is 7.56. The zero-order chi connectivity index (χ0) is 14.1. The van der Waals surface area contributed by atoms with Gasteiger partial charge in [0.2, 0.25) is 5.89 Å². The Morgan fingerprint density at radius 1 is 1.14 bits per heavy atom. The largest absolute Gasteiger partial charge is 0.338 e. The van der Waals surface area contributed by atoms with Crippen LogP contribution >= 0.6 is 0 Å². The van der Waals surface area contributed by atoms with E-state index < -0.39 is 0 Å². The first-order valence-electron chi connectivity index (χ1n) is 7.65. The predicted octanol–water partition coefficient (Wildman–Crippen LogP) is 1.31. The lowest BCUT2D eigenvalue weighted by Gasteiger charge is -2.13. The number of hydrogen-bond donors (Lipinski definition) is 1. The summed E-state index contributed by atoms with van der Waals surface area (Å²) in [6.07, 6.45) is 0.736. The van der Waals surface area contributed by atoms with Crippen LogP contribution in [0.4, 0.5) is 0 Å². The second-order valence-electron chi connectivity index (χ2n) is 6.14. The molecule has 0 spiro atoms. The van der Waals surface area contributed by atoms with Crippen molar-refractivity contribution in [3.05, 3.63) is 47.6 Å². The smallest absolute Gasteiger partial charge is 0.240 e. The second kappa shape index (κ2) is 5.58. The van der Waals surface area contributed by atoms with E-state index in [4.69, 9.17) is 4.52 Å². The van der Waals surface area contributed by atoms with E-state index in [0.29, 0.717) is 0 Å². The first-order valence-corrected chi connectivity index (χ1v) is 7.65. The van der Waals surface area contributed by atoms with E-state index in [2.05, 4.69) is 32.5 Å². The first-order chi connectivity index (χ1) is 10.4. The van der Waals surface area contributed by atoms with E-state index in [1.54, 1.807) is 0 Å². The molecule has 1 N–H and O–H groups in total. The monoisotopic (exact) mass is 284 g/mol. The maximum absolute atomic E-state index is 5.40. The van der Waals surface area contributed by atoms with Crippen molar-refractivity contribution in [2.75, 3.05) is 26.2 Å². The van der Waals surface area contributed by atoms with E-state index in [-0.39, 0.29) is 0 Å². The molecule has 5 heteroatoms. The Morgan fingerprint density at radius 2 is 1.90 bits per heavy atom. The van der Waals surface area contributed by atoms with Gasteiger partial charge in [-0.15, -0.1) is 0 Å². The molecule has 1 aromatic carbocycles. The summed E-state index contributed by atoms with van der Waals surface area (Å²) in [7, 11) is 0. The molecule has 2 saturated heterocycles. The highest BCUT2D eigenvalue weighted by atomic mass is 16.5. The van der Waals surface area contributed by atoms with Gasteiger partial charge in [0.25, 0.3) is 0 Å². The van der Waals surface area contributed by atoms with Gasteiger partial charge in [-0.2, -0.15) is 4.98 Å². The van der Waals surface area contributed by atoms with E-state index >= 15 is 0 Å². The number of hydrogen-bond acceptors (Lipinski definition) is 5. The normalized spacial score (nSPS) is 25.3. The van der Waals surface area contributed by atoms with Gasteiger partial charge in [-0.05, 0) is 30.5 Å². The number of rotatable bonds is 4. The fourth-order valence-corrected chi connectivity index (χ4v) is 3.48. The van der Waals surface area contributed by atoms with Crippen LogP contribution in [0.1, 0.15) is 17.3 Å². The molecule has 2 atom stereocenters. The Labute approximate surface area is 124 Å². The molecule has 21 heavy (non-hydrogen) atoms. The van der Waals surface area contributed by atoms with Crippen LogP contribution in [0.3, 0.4) is 0 Å². The molecule has 2 aliphatic heterocycles. The molecule has 0 aliphatic carbocycles. The van der Waals surface area contributed by atoms with E-state index in [9.17, 15) is 0 Å². The van der Waals surface area contributed by atoms with Gasteiger partial charge in [0.05, 0.1) is 6.54 Å². The summed E-state index contributed by atoms with van der Waals surface area (Å²) in [4.78, 5) is 6.97. The van der Waals surface area contributed by atoms with Gasteiger partial charge in [0, 0.05) is 19.5 Å². The summed E-state index contributed by atoms with van der Waals surface area (Å²) in [6.45, 7) is 5.39. The van der Waals surface area contributed by atoms with Crippen LogP contribution in [0.5, 0.6) is 0 Å². The molecule has 2 aromatic rings. The molecule has 0 unspecified atom stereocenters. The Hall–Kier alpha value is -1.72. The number of aromatic nitrogens is 2. The van der Waals surface area contributed by atoms with Crippen molar-refractivity contribution < 1.29 is 4.52 Å². The highest BCUT2D eigenvalue weighted by Gasteiger charge is 2.36. The van der Waals surface area contributed by atoms with Gasteiger partial charge >= 0.3 is 0 Å². The summed E-state index contributed by atoms with van der Waals surface area (Å²) in [5.74, 6) is 3.12. The fourth-order valence-electron chi connectivity index (χ4n) is 3.48. The molecular formula is C16H20N4O. The average Bonchev–Trinajstić information content (AvgIpc) is 3.17. The molecule has 2 fully saturated rings. The van der Waals surface area contributed by atoms with Crippen molar-refractivity contribution in [3.8, 4) is 0 Å². The molecule has 2 aliphatic rings. The Balaban J connectivity index is 1.37. The number of nitrogens with zero attached hydrogens (tertiary/aromatic N) is 3. The molecule has 0 amide bonds. The van der Waals surface area contributed by atoms with Crippen LogP contribution in [0.15, 0.2) is 34.9 Å². The van der Waals surface area contributed by atoms with E-state index in [0.717, 1.165) is 62.7 Å². The quantitative estimate of drug-likeness (QED) is 0.917. The minimum absolute atomic E-state index is 0.736. The van der Waals surface area contributed by atoms with Crippen molar-refractivity contribution >= 4 is 0 Å². The van der Waals surface area contributed by atoms with Gasteiger partial charge in [-0.1, -0.05) is 35.5 Å². The minimum Gasteiger partial charge on any atom is -0.338 e. The highest BCUT2D eigenvalue weighted by Crippen LogP contribution is 2.27. The van der Waals surface area contributed by atoms with Crippen LogP contribution < -0.4 is 5.32 Å². The molecule has 1 aromatic heterocycles. The van der Waals surface area contributed by atoms with Crippen LogP contribution in [-0.2, 0) is 13.0 Å². The summed E-state index contributed by atoms with van der Waals surface area (Å²) in [6, 6.07) is 10.3. The molecule has 5 nitrogen and oxygen atoms in total. The van der Waals surface area contributed by atoms with Gasteiger partial charge in [0.1, 0.15) is 0 Å². The zero-order valence-electron chi connectivity index (χ0n) is 12.0. The number of likely N-dealkylation sites (tertiary alicyclic amines) is 1. The predicted molar refractivity (Wildman–Crippen MR) is 78.7 cm³/mol. The third kappa shape index (κ3) is 2.84. The second-order valence-corrected chi connectivity index (χ2v) is 6.14. The van der Waals surface area contributed by atoms with Crippen molar-refractivity contribution in [1.82, 2.24) is 20.4 Å². The van der Waals surface area contributed by atoms with Crippen LogP contribution in [0, 0.1) is 11.8 Å². The third-order valence-corrected chi connectivity index (χ3v) is 4.54. The van der Waals surface area contributed by atoms with Crippen molar-refractivity contribution in [3.63, 3.8) is 0 Å².